The molecule has 31 heavy (non-hydrogen) atoms. The molecular weight excluding hydrogens is 505 g/mol. The Hall–Kier alpha value is -2.36. The normalized spacial score (nSPS) is 11.8. The average Bonchev–Trinajstić information content (AvgIpc) is 3.36. The van der Waals surface area contributed by atoms with Gasteiger partial charge in [0.05, 0.1) is 11.9 Å². The fourth-order valence-corrected chi connectivity index (χ4v) is 2.78. The number of hydrogen-bond donors (Lipinski definition) is 2. The molecule has 0 amide bonds. The first kappa shape index (κ1) is 24.9. The summed E-state index contributed by atoms with van der Waals surface area (Å²) in [5.74, 6) is 2.83. The third-order valence-electron chi connectivity index (χ3n) is 4.53. The molecule has 0 aliphatic rings. The first-order valence-corrected chi connectivity index (χ1v) is 10.3. The van der Waals surface area contributed by atoms with E-state index in [0.29, 0.717) is 24.9 Å². The highest BCUT2D eigenvalue weighted by molar-refractivity contribution is 14.0. The maximum Gasteiger partial charge on any atom is 0.226 e. The molecule has 0 fully saturated rings. The maximum atomic E-state index is 5.81. The van der Waals surface area contributed by atoms with Gasteiger partial charge in [0.25, 0.3) is 0 Å². The summed E-state index contributed by atoms with van der Waals surface area (Å²) in [5, 5.41) is 6.56. The fourth-order valence-electron chi connectivity index (χ4n) is 2.78. The molecule has 1 aromatic carbocycles. The van der Waals surface area contributed by atoms with Crippen molar-refractivity contribution in [1.29, 1.82) is 0 Å². The second kappa shape index (κ2) is 11.3. The number of oxazole rings is 2. The van der Waals surface area contributed by atoms with Crippen LogP contribution in [0.3, 0.4) is 0 Å². The number of rotatable bonds is 7. The number of benzene rings is 1. The number of halogens is 1. The standard InChI is InChI=1S/C23H31N5O2.HI/c1-6-24-22(27-14-20-26-13-19(30-20)23(3,4)5)25-12-11-18-15-29-21(28-18)17-9-7-16(2)8-10-17;/h7-10,13,15H,6,11-12,14H2,1-5H3,(H2,24,25,27);1H. The smallest absolute Gasteiger partial charge is 0.226 e. The van der Waals surface area contributed by atoms with Gasteiger partial charge in [-0.3, -0.25) is 0 Å². The number of guanidine groups is 1. The summed E-state index contributed by atoms with van der Waals surface area (Å²) >= 11 is 0. The van der Waals surface area contributed by atoms with Crippen molar-refractivity contribution in [2.75, 3.05) is 13.1 Å². The molecule has 0 radical (unpaired) electrons. The minimum absolute atomic E-state index is 0. The van der Waals surface area contributed by atoms with E-state index in [1.165, 1.54) is 5.56 Å². The molecule has 7 nitrogen and oxygen atoms in total. The molecule has 0 unspecified atom stereocenters. The molecule has 3 rings (SSSR count). The van der Waals surface area contributed by atoms with Crippen LogP contribution in [-0.2, 0) is 18.4 Å². The van der Waals surface area contributed by atoms with Gasteiger partial charge in [0.15, 0.2) is 5.96 Å². The fraction of sp³-hybridized carbons (Fsp3) is 0.435. The van der Waals surface area contributed by atoms with E-state index in [1.807, 2.05) is 19.1 Å². The summed E-state index contributed by atoms with van der Waals surface area (Å²) in [6, 6.07) is 8.15. The van der Waals surface area contributed by atoms with Gasteiger partial charge >= 0.3 is 0 Å². The molecule has 0 saturated carbocycles. The van der Waals surface area contributed by atoms with Crippen LogP contribution in [0.25, 0.3) is 11.5 Å². The van der Waals surface area contributed by atoms with Crippen molar-refractivity contribution in [1.82, 2.24) is 20.6 Å². The summed E-state index contributed by atoms with van der Waals surface area (Å²) in [7, 11) is 0. The van der Waals surface area contributed by atoms with E-state index in [1.54, 1.807) is 12.5 Å². The summed E-state index contributed by atoms with van der Waals surface area (Å²) in [4.78, 5) is 13.5. The molecule has 0 saturated heterocycles. The number of aryl methyl sites for hydroxylation is 1. The molecular formula is C23H32IN5O2. The zero-order valence-corrected chi connectivity index (χ0v) is 21.2. The highest BCUT2D eigenvalue weighted by Gasteiger charge is 2.19. The zero-order valence-electron chi connectivity index (χ0n) is 18.9. The Morgan fingerprint density at radius 3 is 2.52 bits per heavy atom. The van der Waals surface area contributed by atoms with Crippen LogP contribution in [0.4, 0.5) is 0 Å². The molecule has 2 N–H and O–H groups in total. The SMILES string of the molecule is CCNC(=NCc1ncc(C(C)(C)C)o1)NCCc1coc(-c2ccc(C)cc2)n1.I. The van der Waals surface area contributed by atoms with Gasteiger partial charge in [-0.15, -0.1) is 24.0 Å². The highest BCUT2D eigenvalue weighted by atomic mass is 127. The molecule has 2 aromatic heterocycles. The molecule has 8 heteroatoms. The van der Waals surface area contributed by atoms with Gasteiger partial charge in [-0.25, -0.2) is 15.0 Å². The Morgan fingerprint density at radius 1 is 1.13 bits per heavy atom. The van der Waals surface area contributed by atoms with E-state index in [2.05, 4.69) is 65.4 Å². The molecule has 0 aliphatic heterocycles. The van der Waals surface area contributed by atoms with E-state index < -0.39 is 0 Å². The molecule has 2 heterocycles. The second-order valence-electron chi connectivity index (χ2n) is 8.25. The first-order valence-electron chi connectivity index (χ1n) is 10.3. The average molecular weight is 537 g/mol. The third-order valence-corrected chi connectivity index (χ3v) is 4.53. The molecule has 0 spiro atoms. The molecule has 0 aliphatic carbocycles. The lowest BCUT2D eigenvalue weighted by atomic mass is 9.94. The number of aliphatic imine (C=N–C) groups is 1. The Balaban J connectivity index is 0.00000341. The van der Waals surface area contributed by atoms with E-state index >= 15 is 0 Å². The van der Waals surface area contributed by atoms with Crippen molar-refractivity contribution in [2.24, 2.45) is 4.99 Å². The van der Waals surface area contributed by atoms with Crippen LogP contribution in [0.2, 0.25) is 0 Å². The lowest BCUT2D eigenvalue weighted by molar-refractivity contribution is 0.383. The predicted molar refractivity (Wildman–Crippen MR) is 134 cm³/mol. The van der Waals surface area contributed by atoms with Crippen LogP contribution in [0, 0.1) is 6.92 Å². The van der Waals surface area contributed by atoms with Crippen molar-refractivity contribution in [3.8, 4) is 11.5 Å². The van der Waals surface area contributed by atoms with Crippen molar-refractivity contribution in [3.05, 3.63) is 59.6 Å². The largest absolute Gasteiger partial charge is 0.444 e. The van der Waals surface area contributed by atoms with Gasteiger partial charge in [0.1, 0.15) is 18.6 Å². The number of nitrogens with zero attached hydrogens (tertiary/aromatic N) is 3. The molecule has 0 bridgehead atoms. The summed E-state index contributed by atoms with van der Waals surface area (Å²) in [5.41, 5.74) is 3.03. The van der Waals surface area contributed by atoms with Gasteiger partial charge < -0.3 is 19.5 Å². The lowest BCUT2D eigenvalue weighted by Gasteiger charge is -2.13. The van der Waals surface area contributed by atoms with E-state index in [4.69, 9.17) is 8.83 Å². The zero-order chi connectivity index (χ0) is 21.6. The predicted octanol–water partition coefficient (Wildman–Crippen LogP) is 4.85. The quantitative estimate of drug-likeness (QED) is 0.255. The van der Waals surface area contributed by atoms with E-state index in [-0.39, 0.29) is 29.4 Å². The van der Waals surface area contributed by atoms with Gasteiger partial charge in [0, 0.05) is 30.5 Å². The second-order valence-corrected chi connectivity index (χ2v) is 8.25. The van der Waals surface area contributed by atoms with E-state index in [0.717, 1.165) is 35.9 Å². The molecule has 3 aromatic rings. The van der Waals surface area contributed by atoms with Crippen molar-refractivity contribution in [2.45, 2.75) is 53.0 Å². The van der Waals surface area contributed by atoms with Crippen molar-refractivity contribution in [3.63, 3.8) is 0 Å². The van der Waals surface area contributed by atoms with Gasteiger partial charge in [-0.1, -0.05) is 38.5 Å². The van der Waals surface area contributed by atoms with Crippen molar-refractivity contribution < 1.29 is 8.83 Å². The number of hydrogen-bond acceptors (Lipinski definition) is 5. The number of nitrogens with one attached hydrogen (secondary N) is 2. The summed E-state index contributed by atoms with van der Waals surface area (Å²) in [6.45, 7) is 12.2. The summed E-state index contributed by atoms with van der Waals surface area (Å²) < 4.78 is 11.4. The van der Waals surface area contributed by atoms with Crippen molar-refractivity contribution >= 4 is 29.9 Å². The van der Waals surface area contributed by atoms with Crippen LogP contribution in [-0.4, -0.2) is 29.0 Å². The maximum absolute atomic E-state index is 5.81. The summed E-state index contributed by atoms with van der Waals surface area (Å²) in [6.07, 6.45) is 4.22. The monoisotopic (exact) mass is 537 g/mol. The Labute approximate surface area is 201 Å². The topological polar surface area (TPSA) is 88.5 Å². The Bertz CT molecular complexity index is 971. The van der Waals surface area contributed by atoms with E-state index in [9.17, 15) is 0 Å². The van der Waals surface area contributed by atoms with Crippen LogP contribution < -0.4 is 10.6 Å². The highest BCUT2D eigenvalue weighted by Crippen LogP contribution is 2.23. The molecule has 168 valence electrons. The Morgan fingerprint density at radius 2 is 1.87 bits per heavy atom. The van der Waals surface area contributed by atoms with Crippen LogP contribution >= 0.6 is 24.0 Å². The lowest BCUT2D eigenvalue weighted by Crippen LogP contribution is -2.38. The first-order chi connectivity index (χ1) is 14.3. The van der Waals surface area contributed by atoms with Crippen LogP contribution in [0.5, 0.6) is 0 Å². The van der Waals surface area contributed by atoms with Gasteiger partial charge in [0.2, 0.25) is 11.8 Å². The van der Waals surface area contributed by atoms with Crippen LogP contribution in [0.15, 0.2) is 50.6 Å². The number of aromatic nitrogens is 2. The third kappa shape index (κ3) is 7.37. The minimum Gasteiger partial charge on any atom is -0.444 e. The minimum atomic E-state index is -0.0628. The molecule has 0 atom stereocenters. The van der Waals surface area contributed by atoms with Gasteiger partial charge in [-0.2, -0.15) is 0 Å². The van der Waals surface area contributed by atoms with Crippen LogP contribution in [0.1, 0.15) is 50.6 Å². The van der Waals surface area contributed by atoms with Gasteiger partial charge in [-0.05, 0) is 26.0 Å². The Kier molecular flexibility index (Phi) is 9.09.